The standard InChI is InChI=1S/C23H20N2O2S/c1-15-6-5-7-18(12-15)27-14-22(26)24-17-10-11-19(16(2)13-17)23-25-20-8-3-4-9-21(20)28-23/h3-13H,14H2,1-2H3,(H,24,26). The van der Waals surface area contributed by atoms with Crippen LogP contribution in [0.25, 0.3) is 20.8 Å². The molecular weight excluding hydrogens is 368 g/mol. The van der Waals surface area contributed by atoms with Crippen molar-refractivity contribution in [1.29, 1.82) is 0 Å². The van der Waals surface area contributed by atoms with E-state index < -0.39 is 0 Å². The molecule has 140 valence electrons. The first kappa shape index (κ1) is 18.2. The zero-order chi connectivity index (χ0) is 19.5. The molecule has 0 aliphatic heterocycles. The molecular formula is C23H20N2O2S. The first-order valence-electron chi connectivity index (χ1n) is 9.04. The maximum absolute atomic E-state index is 12.2. The van der Waals surface area contributed by atoms with Crippen LogP contribution in [0.4, 0.5) is 5.69 Å². The molecule has 0 aliphatic rings. The van der Waals surface area contributed by atoms with Gasteiger partial charge in [0, 0.05) is 11.3 Å². The number of carbonyl (C=O) groups excluding carboxylic acids is 1. The largest absolute Gasteiger partial charge is 0.484 e. The number of carbonyl (C=O) groups is 1. The van der Waals surface area contributed by atoms with Crippen LogP contribution in [0.2, 0.25) is 0 Å². The van der Waals surface area contributed by atoms with Gasteiger partial charge in [0.05, 0.1) is 10.2 Å². The van der Waals surface area contributed by atoms with Crippen molar-refractivity contribution in [1.82, 2.24) is 4.98 Å². The number of amides is 1. The number of benzene rings is 3. The van der Waals surface area contributed by atoms with Gasteiger partial charge in [0.25, 0.3) is 5.91 Å². The molecule has 0 aliphatic carbocycles. The summed E-state index contributed by atoms with van der Waals surface area (Å²) < 4.78 is 6.73. The van der Waals surface area contributed by atoms with Crippen LogP contribution in [-0.2, 0) is 4.79 Å². The van der Waals surface area contributed by atoms with E-state index >= 15 is 0 Å². The predicted molar refractivity (Wildman–Crippen MR) is 115 cm³/mol. The lowest BCUT2D eigenvalue weighted by molar-refractivity contribution is -0.118. The third-order valence-corrected chi connectivity index (χ3v) is 5.46. The second kappa shape index (κ2) is 7.82. The Hall–Kier alpha value is -3.18. The predicted octanol–water partition coefficient (Wildman–Crippen LogP) is 5.60. The minimum absolute atomic E-state index is 0.0257. The fourth-order valence-corrected chi connectivity index (χ4v) is 4.08. The third kappa shape index (κ3) is 4.05. The highest BCUT2D eigenvalue weighted by Crippen LogP contribution is 2.32. The summed E-state index contributed by atoms with van der Waals surface area (Å²) in [6, 6.07) is 21.6. The SMILES string of the molecule is Cc1cccc(OCC(=O)Nc2ccc(-c3nc4ccccc4s3)c(C)c2)c1. The second-order valence-corrected chi connectivity index (χ2v) is 7.70. The molecule has 1 aromatic heterocycles. The number of ether oxygens (including phenoxy) is 1. The van der Waals surface area contributed by atoms with Crippen LogP contribution in [0, 0.1) is 13.8 Å². The highest BCUT2D eigenvalue weighted by molar-refractivity contribution is 7.21. The normalized spacial score (nSPS) is 10.8. The van der Waals surface area contributed by atoms with Crippen LogP contribution in [0.5, 0.6) is 5.75 Å². The highest BCUT2D eigenvalue weighted by Gasteiger charge is 2.10. The molecule has 28 heavy (non-hydrogen) atoms. The first-order valence-corrected chi connectivity index (χ1v) is 9.86. The van der Waals surface area contributed by atoms with Gasteiger partial charge in [-0.25, -0.2) is 4.98 Å². The summed E-state index contributed by atoms with van der Waals surface area (Å²) in [6.45, 7) is 3.99. The molecule has 0 bridgehead atoms. The van der Waals surface area contributed by atoms with Crippen molar-refractivity contribution in [3.63, 3.8) is 0 Å². The number of thiazole rings is 1. The van der Waals surface area contributed by atoms with Gasteiger partial charge in [-0.1, -0.05) is 24.3 Å². The van der Waals surface area contributed by atoms with Crippen molar-refractivity contribution in [3.05, 3.63) is 77.9 Å². The average Bonchev–Trinajstić information content (AvgIpc) is 3.10. The van der Waals surface area contributed by atoms with E-state index in [2.05, 4.69) is 11.4 Å². The van der Waals surface area contributed by atoms with E-state index in [4.69, 9.17) is 9.72 Å². The van der Waals surface area contributed by atoms with Gasteiger partial charge >= 0.3 is 0 Å². The van der Waals surface area contributed by atoms with E-state index in [1.54, 1.807) is 11.3 Å². The van der Waals surface area contributed by atoms with Crippen molar-refractivity contribution >= 4 is 33.1 Å². The number of fused-ring (bicyclic) bond motifs is 1. The van der Waals surface area contributed by atoms with E-state index in [9.17, 15) is 4.79 Å². The molecule has 0 saturated heterocycles. The van der Waals surface area contributed by atoms with Gasteiger partial charge in [0.1, 0.15) is 10.8 Å². The molecule has 3 aromatic carbocycles. The number of hydrogen-bond donors (Lipinski definition) is 1. The Kier molecular flexibility index (Phi) is 5.08. The summed E-state index contributed by atoms with van der Waals surface area (Å²) in [6.07, 6.45) is 0. The Bertz CT molecular complexity index is 1120. The van der Waals surface area contributed by atoms with Gasteiger partial charge in [-0.2, -0.15) is 0 Å². The minimum Gasteiger partial charge on any atom is -0.484 e. The van der Waals surface area contributed by atoms with E-state index in [1.807, 2.05) is 74.5 Å². The number of para-hydroxylation sites is 1. The lowest BCUT2D eigenvalue weighted by Gasteiger charge is -2.10. The molecule has 4 nitrogen and oxygen atoms in total. The Morgan fingerprint density at radius 3 is 2.68 bits per heavy atom. The maximum Gasteiger partial charge on any atom is 0.262 e. The molecule has 1 amide bonds. The van der Waals surface area contributed by atoms with Crippen LogP contribution in [0.15, 0.2) is 66.7 Å². The van der Waals surface area contributed by atoms with Crippen molar-refractivity contribution in [3.8, 4) is 16.3 Å². The molecule has 0 spiro atoms. The summed E-state index contributed by atoms with van der Waals surface area (Å²) in [5, 5.41) is 3.88. The van der Waals surface area contributed by atoms with Gasteiger partial charge in [0.15, 0.2) is 6.61 Å². The van der Waals surface area contributed by atoms with E-state index in [-0.39, 0.29) is 12.5 Å². The summed E-state index contributed by atoms with van der Waals surface area (Å²) in [5.74, 6) is 0.506. The number of anilines is 1. The third-order valence-electron chi connectivity index (χ3n) is 4.39. The molecule has 0 radical (unpaired) electrons. The second-order valence-electron chi connectivity index (χ2n) is 6.67. The van der Waals surface area contributed by atoms with E-state index in [1.165, 1.54) is 4.70 Å². The molecule has 0 saturated carbocycles. The van der Waals surface area contributed by atoms with Crippen molar-refractivity contribution in [2.45, 2.75) is 13.8 Å². The van der Waals surface area contributed by atoms with Gasteiger partial charge in [-0.05, 0) is 67.4 Å². The van der Waals surface area contributed by atoms with Gasteiger partial charge in [-0.15, -0.1) is 11.3 Å². The molecule has 0 atom stereocenters. The Morgan fingerprint density at radius 2 is 1.89 bits per heavy atom. The van der Waals surface area contributed by atoms with Gasteiger partial charge in [0.2, 0.25) is 0 Å². The lowest BCUT2D eigenvalue weighted by atomic mass is 10.1. The van der Waals surface area contributed by atoms with Gasteiger partial charge in [-0.3, -0.25) is 4.79 Å². The number of rotatable bonds is 5. The smallest absolute Gasteiger partial charge is 0.262 e. The number of nitrogens with zero attached hydrogens (tertiary/aromatic N) is 1. The first-order chi connectivity index (χ1) is 13.6. The van der Waals surface area contributed by atoms with E-state index in [0.717, 1.165) is 32.9 Å². The minimum atomic E-state index is -0.186. The monoisotopic (exact) mass is 388 g/mol. The van der Waals surface area contributed by atoms with Gasteiger partial charge < -0.3 is 10.1 Å². The summed E-state index contributed by atoms with van der Waals surface area (Å²) >= 11 is 1.67. The van der Waals surface area contributed by atoms with Crippen LogP contribution < -0.4 is 10.1 Å². The van der Waals surface area contributed by atoms with Crippen molar-refractivity contribution < 1.29 is 9.53 Å². The molecule has 1 heterocycles. The zero-order valence-corrected chi connectivity index (χ0v) is 16.5. The molecule has 0 fully saturated rings. The quantitative estimate of drug-likeness (QED) is 0.484. The fraction of sp³-hybridized carbons (Fsp3) is 0.130. The molecule has 5 heteroatoms. The average molecular weight is 388 g/mol. The maximum atomic E-state index is 12.2. The highest BCUT2D eigenvalue weighted by atomic mass is 32.1. The van der Waals surface area contributed by atoms with Crippen LogP contribution >= 0.6 is 11.3 Å². The summed E-state index contributed by atoms with van der Waals surface area (Å²) in [5.41, 5.74) is 5.00. The number of nitrogens with one attached hydrogen (secondary N) is 1. The summed E-state index contributed by atoms with van der Waals surface area (Å²) in [4.78, 5) is 16.9. The van der Waals surface area contributed by atoms with Crippen LogP contribution in [0.1, 0.15) is 11.1 Å². The van der Waals surface area contributed by atoms with E-state index in [0.29, 0.717) is 5.75 Å². The molecule has 4 rings (SSSR count). The summed E-state index contributed by atoms with van der Waals surface area (Å²) in [7, 11) is 0. The van der Waals surface area contributed by atoms with Crippen LogP contribution in [0.3, 0.4) is 0 Å². The lowest BCUT2D eigenvalue weighted by Crippen LogP contribution is -2.20. The Labute approximate surface area is 167 Å². The number of hydrogen-bond acceptors (Lipinski definition) is 4. The Morgan fingerprint density at radius 1 is 1.04 bits per heavy atom. The van der Waals surface area contributed by atoms with Crippen molar-refractivity contribution in [2.75, 3.05) is 11.9 Å². The fourth-order valence-electron chi connectivity index (χ4n) is 3.02. The molecule has 0 unspecified atom stereocenters. The number of aryl methyl sites for hydroxylation is 2. The number of aromatic nitrogens is 1. The zero-order valence-electron chi connectivity index (χ0n) is 15.7. The topological polar surface area (TPSA) is 51.2 Å². The molecule has 1 N–H and O–H groups in total. The van der Waals surface area contributed by atoms with Crippen LogP contribution in [-0.4, -0.2) is 17.5 Å². The Balaban J connectivity index is 1.44. The van der Waals surface area contributed by atoms with Crippen molar-refractivity contribution in [2.24, 2.45) is 0 Å². The molecule has 4 aromatic rings.